The first kappa shape index (κ1) is 23.6. The van der Waals surface area contributed by atoms with E-state index in [1.165, 1.54) is 0 Å². The van der Waals surface area contributed by atoms with Crippen molar-refractivity contribution >= 4 is 24.9 Å². The molecule has 1 radical (unpaired) electrons. The van der Waals surface area contributed by atoms with Crippen LogP contribution in [0.5, 0.6) is 0 Å². The molecule has 163 valence electrons. The van der Waals surface area contributed by atoms with Gasteiger partial charge in [-0.2, -0.15) is 0 Å². The highest BCUT2D eigenvalue weighted by Gasteiger charge is 2.31. The van der Waals surface area contributed by atoms with Gasteiger partial charge in [-0.1, -0.05) is 26.7 Å². The molecule has 1 heterocycles. The van der Waals surface area contributed by atoms with Gasteiger partial charge in [-0.05, 0) is 19.3 Å². The van der Waals surface area contributed by atoms with Gasteiger partial charge in [0.2, 0.25) is 6.79 Å². The first-order valence-electron chi connectivity index (χ1n) is 10.0. The van der Waals surface area contributed by atoms with E-state index in [2.05, 4.69) is 12.4 Å². The zero-order valence-electron chi connectivity index (χ0n) is 17.1. The average molecular weight is 429 g/mol. The fourth-order valence-electron chi connectivity index (χ4n) is 3.43. The molecule has 0 spiro atoms. The molecule has 1 aliphatic heterocycles. The molecule has 1 atom stereocenters. The minimum absolute atomic E-state index is 0.0559. The van der Waals surface area contributed by atoms with Gasteiger partial charge >= 0.3 is 13.6 Å². The molecule has 0 aromatic heterocycles. The third-order valence-electron chi connectivity index (χ3n) is 5.01. The molecule has 0 aliphatic carbocycles. The number of anilines is 2. The van der Waals surface area contributed by atoms with Gasteiger partial charge in [0.15, 0.2) is 0 Å². The van der Waals surface area contributed by atoms with E-state index in [0.717, 1.165) is 32.1 Å². The minimum atomic E-state index is -3.62. The van der Waals surface area contributed by atoms with Gasteiger partial charge in [-0.15, -0.1) is 0 Å². The van der Waals surface area contributed by atoms with Crippen molar-refractivity contribution in [3.63, 3.8) is 0 Å². The van der Waals surface area contributed by atoms with Crippen molar-refractivity contribution in [1.29, 1.82) is 0 Å². The van der Waals surface area contributed by atoms with Gasteiger partial charge in [-0.3, -0.25) is 23.5 Å². The molecule has 0 bridgehead atoms. The molecular weight excluding hydrogens is 399 g/mol. The van der Waals surface area contributed by atoms with Crippen molar-refractivity contribution in [3.05, 3.63) is 27.6 Å². The van der Waals surface area contributed by atoms with Gasteiger partial charge < -0.3 is 19.5 Å². The molecule has 1 unspecified atom stereocenters. The minimum Gasteiger partial charge on any atom is -0.438 e. The zero-order valence-corrected chi connectivity index (χ0v) is 18.0. The van der Waals surface area contributed by atoms with Crippen LogP contribution in [-0.4, -0.2) is 38.6 Å². The van der Waals surface area contributed by atoms with Gasteiger partial charge in [0.1, 0.15) is 11.4 Å². The van der Waals surface area contributed by atoms with Crippen LogP contribution < -0.4 is 21.1 Å². The normalized spacial score (nSPS) is 16.2. The lowest BCUT2D eigenvalue weighted by molar-refractivity contribution is -0.156. The molecule has 29 heavy (non-hydrogen) atoms. The number of hydrogen-bond donors (Lipinski definition) is 1. The van der Waals surface area contributed by atoms with E-state index < -0.39 is 25.2 Å². The Bertz CT molecular complexity index is 797. The molecule has 9 nitrogen and oxygen atoms in total. The lowest BCUT2D eigenvalue weighted by Crippen LogP contribution is -2.42. The summed E-state index contributed by atoms with van der Waals surface area (Å²) in [7, 11) is -0.410. The summed E-state index contributed by atoms with van der Waals surface area (Å²) in [6.07, 6.45) is 3.85. The fraction of sp³-hybridized carbons (Fsp3) is 0.684. The van der Waals surface area contributed by atoms with Crippen LogP contribution >= 0.6 is 7.60 Å². The van der Waals surface area contributed by atoms with Gasteiger partial charge in [0, 0.05) is 19.6 Å². The van der Waals surface area contributed by atoms with Crippen molar-refractivity contribution in [2.24, 2.45) is 5.92 Å². The first-order chi connectivity index (χ1) is 13.9. The highest BCUT2D eigenvalue weighted by molar-refractivity contribution is 7.53. The predicted octanol–water partition coefficient (Wildman–Crippen LogP) is 2.64. The molecule has 1 aromatic carbocycles. The van der Waals surface area contributed by atoms with E-state index in [-0.39, 0.29) is 24.6 Å². The summed E-state index contributed by atoms with van der Waals surface area (Å²) in [5, 5.41) is 2.95. The summed E-state index contributed by atoms with van der Waals surface area (Å²) in [5.41, 5.74) is -0.449. The number of nitrogens with one attached hydrogen (secondary N) is 1. The van der Waals surface area contributed by atoms with Gasteiger partial charge in [0.05, 0.1) is 19.2 Å². The van der Waals surface area contributed by atoms with E-state index in [9.17, 15) is 18.9 Å². The van der Waals surface area contributed by atoms with Crippen LogP contribution in [0.25, 0.3) is 0 Å². The molecule has 1 aliphatic rings. The second-order valence-electron chi connectivity index (χ2n) is 7.10. The second kappa shape index (κ2) is 10.9. The second-order valence-corrected chi connectivity index (χ2v) is 9.28. The molecule has 0 saturated heterocycles. The van der Waals surface area contributed by atoms with Crippen LogP contribution in [0.1, 0.15) is 46.0 Å². The highest BCUT2D eigenvalue weighted by Crippen LogP contribution is 2.47. The SMILES string of the molecule is [CH2]OP(=O)(CCN1CCCNc2c1c(=O)c2=O)OCOC(=O)C(CCC)CCC. The van der Waals surface area contributed by atoms with Gasteiger partial charge in [0.25, 0.3) is 10.9 Å². The van der Waals surface area contributed by atoms with Crippen molar-refractivity contribution in [3.8, 4) is 0 Å². The van der Waals surface area contributed by atoms with Crippen LogP contribution in [0, 0.1) is 13.0 Å². The third-order valence-corrected chi connectivity index (χ3v) is 6.65. The van der Waals surface area contributed by atoms with Crippen LogP contribution in [0.15, 0.2) is 9.59 Å². The average Bonchev–Trinajstić information content (AvgIpc) is 2.91. The smallest absolute Gasteiger partial charge is 0.335 e. The summed E-state index contributed by atoms with van der Waals surface area (Å²) < 4.78 is 27.9. The van der Waals surface area contributed by atoms with E-state index in [0.29, 0.717) is 24.5 Å². The van der Waals surface area contributed by atoms with E-state index in [1.54, 1.807) is 4.90 Å². The number of fused-ring (bicyclic) bond motifs is 1. The largest absolute Gasteiger partial charge is 0.438 e. The monoisotopic (exact) mass is 429 g/mol. The molecule has 0 amide bonds. The number of nitrogens with zero attached hydrogens (tertiary/aromatic N) is 1. The van der Waals surface area contributed by atoms with Crippen LogP contribution in [-0.2, 0) is 23.1 Å². The number of rotatable bonds is 12. The maximum Gasteiger partial charge on any atom is 0.335 e. The van der Waals surface area contributed by atoms with Gasteiger partial charge in [-0.25, -0.2) is 0 Å². The number of hydrogen-bond acceptors (Lipinski definition) is 9. The molecule has 0 saturated carbocycles. The quantitative estimate of drug-likeness (QED) is 0.232. The fourth-order valence-corrected chi connectivity index (χ4v) is 4.47. The Morgan fingerprint density at radius 2 is 1.93 bits per heavy atom. The summed E-state index contributed by atoms with van der Waals surface area (Å²) in [6, 6.07) is 0. The summed E-state index contributed by atoms with van der Waals surface area (Å²) in [6.45, 7) is 4.82. The third kappa shape index (κ3) is 5.90. The van der Waals surface area contributed by atoms with Crippen molar-refractivity contribution in [2.45, 2.75) is 46.0 Å². The summed E-state index contributed by atoms with van der Waals surface area (Å²) >= 11 is 0. The summed E-state index contributed by atoms with van der Waals surface area (Å²) in [4.78, 5) is 37.4. The Morgan fingerprint density at radius 1 is 1.24 bits per heavy atom. The maximum absolute atomic E-state index is 12.8. The first-order valence-corrected chi connectivity index (χ1v) is 11.8. The maximum atomic E-state index is 12.8. The number of esters is 1. The van der Waals surface area contributed by atoms with Crippen LogP contribution in [0.2, 0.25) is 0 Å². The summed E-state index contributed by atoms with van der Waals surface area (Å²) in [5.74, 6) is -0.581. The van der Waals surface area contributed by atoms with E-state index in [4.69, 9.17) is 13.8 Å². The lowest BCUT2D eigenvalue weighted by Gasteiger charge is -2.26. The molecule has 1 N–H and O–H groups in total. The molecule has 2 rings (SSSR count). The van der Waals surface area contributed by atoms with E-state index in [1.807, 2.05) is 13.8 Å². The standard InChI is InChI=1S/C19H30N2O7P/c1-4-7-14(8-5-2)19(24)27-13-28-29(25,26-3)12-11-21-10-6-9-20-15-16(21)18(23)17(15)22/h14,20H,3-13H2,1-2H3. The van der Waals surface area contributed by atoms with E-state index >= 15 is 0 Å². The lowest BCUT2D eigenvalue weighted by atomic mass is 9.99. The molecular formula is C19H30N2O7P. The van der Waals surface area contributed by atoms with Crippen molar-refractivity contribution < 1.29 is 23.1 Å². The molecule has 0 fully saturated rings. The molecule has 1 aromatic rings. The highest BCUT2D eigenvalue weighted by atomic mass is 31.2. The van der Waals surface area contributed by atoms with Crippen molar-refractivity contribution in [1.82, 2.24) is 0 Å². The zero-order chi connectivity index (χ0) is 21.4. The Labute approximate surface area is 170 Å². The Morgan fingerprint density at radius 3 is 2.55 bits per heavy atom. The van der Waals surface area contributed by atoms with Crippen LogP contribution in [0.3, 0.4) is 0 Å². The topological polar surface area (TPSA) is 111 Å². The number of carbonyl (C=O) groups is 1. The Hall–Kier alpha value is -1.70. The predicted molar refractivity (Wildman–Crippen MR) is 111 cm³/mol. The Balaban J connectivity index is 1.89. The Kier molecular flexibility index (Phi) is 8.86. The van der Waals surface area contributed by atoms with Crippen molar-refractivity contribution in [2.75, 3.05) is 42.8 Å². The molecule has 10 heteroatoms. The van der Waals surface area contributed by atoms with Crippen LogP contribution in [0.4, 0.5) is 11.4 Å². The number of ether oxygens (including phenoxy) is 1. The number of carbonyl (C=O) groups excluding carboxylic acids is 1.